The lowest BCUT2D eigenvalue weighted by molar-refractivity contribution is -0.121. The molecule has 0 bridgehead atoms. The van der Waals surface area contributed by atoms with Crippen LogP contribution in [0.2, 0.25) is 0 Å². The second kappa shape index (κ2) is 6.08. The molecule has 0 fully saturated rings. The van der Waals surface area contributed by atoms with Crippen molar-refractivity contribution < 1.29 is 4.79 Å². The molecule has 0 saturated heterocycles. The SMILES string of the molecule is CC(C)CNC(=O)C(C)Nc1ncccc1N. The van der Waals surface area contributed by atoms with E-state index in [0.717, 1.165) is 0 Å². The van der Waals surface area contributed by atoms with Gasteiger partial charge in [-0.25, -0.2) is 4.98 Å². The molecule has 0 aromatic carbocycles. The van der Waals surface area contributed by atoms with E-state index in [1.54, 1.807) is 25.3 Å². The van der Waals surface area contributed by atoms with E-state index in [0.29, 0.717) is 24.0 Å². The van der Waals surface area contributed by atoms with Gasteiger partial charge in [0.05, 0.1) is 5.69 Å². The number of hydrogen-bond acceptors (Lipinski definition) is 4. The first-order valence-corrected chi connectivity index (χ1v) is 5.75. The van der Waals surface area contributed by atoms with Gasteiger partial charge >= 0.3 is 0 Å². The molecule has 1 unspecified atom stereocenters. The number of rotatable bonds is 5. The summed E-state index contributed by atoms with van der Waals surface area (Å²) in [5, 5.41) is 5.84. The van der Waals surface area contributed by atoms with Crippen LogP contribution in [0.4, 0.5) is 11.5 Å². The minimum atomic E-state index is -0.356. The second-order valence-electron chi connectivity index (χ2n) is 4.45. The van der Waals surface area contributed by atoms with Gasteiger partial charge in [-0.3, -0.25) is 4.79 Å². The number of nitrogens with two attached hydrogens (primary N) is 1. The maximum Gasteiger partial charge on any atom is 0.242 e. The van der Waals surface area contributed by atoms with Crippen molar-refractivity contribution in [3.05, 3.63) is 18.3 Å². The molecule has 5 nitrogen and oxygen atoms in total. The van der Waals surface area contributed by atoms with Crippen molar-refractivity contribution in [1.29, 1.82) is 0 Å². The number of anilines is 2. The smallest absolute Gasteiger partial charge is 0.242 e. The molecule has 1 rings (SSSR count). The lowest BCUT2D eigenvalue weighted by Gasteiger charge is -2.16. The number of nitrogen functional groups attached to an aromatic ring is 1. The Morgan fingerprint density at radius 3 is 2.76 bits per heavy atom. The van der Waals surface area contributed by atoms with E-state index in [9.17, 15) is 4.79 Å². The molecule has 0 aliphatic heterocycles. The zero-order valence-corrected chi connectivity index (χ0v) is 10.5. The number of hydrogen-bond donors (Lipinski definition) is 3. The molecule has 0 saturated carbocycles. The highest BCUT2D eigenvalue weighted by atomic mass is 16.2. The first-order valence-electron chi connectivity index (χ1n) is 5.75. The highest BCUT2D eigenvalue weighted by Gasteiger charge is 2.13. The summed E-state index contributed by atoms with van der Waals surface area (Å²) in [4.78, 5) is 15.8. The average Bonchev–Trinajstić information content (AvgIpc) is 2.28. The summed E-state index contributed by atoms with van der Waals surface area (Å²) in [5.74, 6) is 0.925. The molecule has 1 aromatic heterocycles. The van der Waals surface area contributed by atoms with Crippen molar-refractivity contribution in [3.8, 4) is 0 Å². The number of pyridine rings is 1. The lowest BCUT2D eigenvalue weighted by Crippen LogP contribution is -2.39. The molecule has 0 radical (unpaired) electrons. The highest BCUT2D eigenvalue weighted by molar-refractivity contribution is 5.84. The maximum atomic E-state index is 11.7. The normalized spacial score (nSPS) is 12.2. The summed E-state index contributed by atoms with van der Waals surface area (Å²) in [6, 6.07) is 3.14. The molecule has 4 N–H and O–H groups in total. The fraction of sp³-hybridized carbons (Fsp3) is 0.500. The van der Waals surface area contributed by atoms with Crippen LogP contribution in [0.25, 0.3) is 0 Å². The standard InChI is InChI=1S/C12H20N4O/c1-8(2)7-15-12(17)9(3)16-11-10(13)5-4-6-14-11/h4-6,8-9H,7,13H2,1-3H3,(H,14,16)(H,15,17). The Bertz CT molecular complexity index is 379. The maximum absolute atomic E-state index is 11.7. The zero-order chi connectivity index (χ0) is 12.8. The van der Waals surface area contributed by atoms with Crippen LogP contribution in [-0.4, -0.2) is 23.5 Å². The number of nitrogens with zero attached hydrogens (tertiary/aromatic N) is 1. The molecule has 0 aliphatic carbocycles. The Kier molecular flexibility index (Phi) is 4.75. The first-order chi connectivity index (χ1) is 8.00. The van der Waals surface area contributed by atoms with Crippen LogP contribution >= 0.6 is 0 Å². The van der Waals surface area contributed by atoms with E-state index >= 15 is 0 Å². The van der Waals surface area contributed by atoms with Crippen molar-refractivity contribution in [2.75, 3.05) is 17.6 Å². The fourth-order valence-electron chi connectivity index (χ4n) is 1.27. The van der Waals surface area contributed by atoms with Crippen molar-refractivity contribution in [3.63, 3.8) is 0 Å². The predicted octanol–water partition coefficient (Wildman–Crippen LogP) is 1.24. The first kappa shape index (κ1) is 13.3. The third-order valence-electron chi connectivity index (χ3n) is 2.27. The molecule has 0 aliphatic rings. The van der Waals surface area contributed by atoms with Crippen molar-refractivity contribution >= 4 is 17.4 Å². The van der Waals surface area contributed by atoms with E-state index in [-0.39, 0.29) is 11.9 Å². The van der Waals surface area contributed by atoms with Crippen molar-refractivity contribution in [1.82, 2.24) is 10.3 Å². The number of amides is 1. The molecular weight excluding hydrogens is 216 g/mol. The van der Waals surface area contributed by atoms with Gasteiger partial charge in [0, 0.05) is 12.7 Å². The minimum Gasteiger partial charge on any atom is -0.396 e. The van der Waals surface area contributed by atoms with Gasteiger partial charge in [0.15, 0.2) is 0 Å². The summed E-state index contributed by atoms with van der Waals surface area (Å²) < 4.78 is 0. The van der Waals surface area contributed by atoms with E-state index in [1.807, 2.05) is 0 Å². The lowest BCUT2D eigenvalue weighted by atomic mass is 10.2. The highest BCUT2D eigenvalue weighted by Crippen LogP contribution is 2.13. The monoisotopic (exact) mass is 236 g/mol. The number of nitrogens with one attached hydrogen (secondary N) is 2. The Balaban J connectivity index is 2.51. The van der Waals surface area contributed by atoms with Gasteiger partial charge in [-0.1, -0.05) is 13.8 Å². The van der Waals surface area contributed by atoms with Gasteiger partial charge in [-0.05, 0) is 25.0 Å². The molecule has 17 heavy (non-hydrogen) atoms. The third kappa shape index (κ3) is 4.30. The summed E-state index contributed by atoms with van der Waals surface area (Å²) in [6.07, 6.45) is 1.64. The number of aromatic nitrogens is 1. The third-order valence-corrected chi connectivity index (χ3v) is 2.27. The molecular formula is C12H20N4O. The minimum absolute atomic E-state index is 0.0521. The largest absolute Gasteiger partial charge is 0.396 e. The Labute approximate surface area is 102 Å². The van der Waals surface area contributed by atoms with Crippen LogP contribution < -0.4 is 16.4 Å². The van der Waals surface area contributed by atoms with Crippen molar-refractivity contribution in [2.45, 2.75) is 26.8 Å². The van der Waals surface area contributed by atoms with Gasteiger partial charge in [0.25, 0.3) is 0 Å². The van der Waals surface area contributed by atoms with E-state index in [4.69, 9.17) is 5.73 Å². The van der Waals surface area contributed by atoms with E-state index < -0.39 is 0 Å². The van der Waals surface area contributed by atoms with E-state index in [2.05, 4.69) is 29.5 Å². The second-order valence-corrected chi connectivity index (χ2v) is 4.45. The zero-order valence-electron chi connectivity index (χ0n) is 10.5. The molecule has 1 atom stereocenters. The van der Waals surface area contributed by atoms with Crippen LogP contribution in [0.1, 0.15) is 20.8 Å². The molecule has 1 aromatic rings. The summed E-state index contributed by atoms with van der Waals surface area (Å²) in [6.45, 7) is 6.55. The number of carbonyl (C=O) groups is 1. The predicted molar refractivity (Wildman–Crippen MR) is 69.6 cm³/mol. The van der Waals surface area contributed by atoms with E-state index in [1.165, 1.54) is 0 Å². The molecule has 0 spiro atoms. The molecule has 1 heterocycles. The van der Waals surface area contributed by atoms with Gasteiger partial charge in [-0.2, -0.15) is 0 Å². The summed E-state index contributed by atoms with van der Waals surface area (Å²) in [5.41, 5.74) is 6.27. The Morgan fingerprint density at radius 1 is 1.47 bits per heavy atom. The van der Waals surface area contributed by atoms with Crippen molar-refractivity contribution in [2.24, 2.45) is 5.92 Å². The van der Waals surface area contributed by atoms with Crippen LogP contribution in [0.3, 0.4) is 0 Å². The van der Waals surface area contributed by atoms with Crippen LogP contribution in [0, 0.1) is 5.92 Å². The van der Waals surface area contributed by atoms with Crippen LogP contribution in [0.15, 0.2) is 18.3 Å². The quantitative estimate of drug-likeness (QED) is 0.718. The fourth-order valence-corrected chi connectivity index (χ4v) is 1.27. The van der Waals surface area contributed by atoms with Gasteiger partial charge in [-0.15, -0.1) is 0 Å². The molecule has 1 amide bonds. The summed E-state index contributed by atoms with van der Waals surface area (Å²) in [7, 11) is 0. The average molecular weight is 236 g/mol. The van der Waals surface area contributed by atoms with Gasteiger partial charge in [0.1, 0.15) is 11.9 Å². The topological polar surface area (TPSA) is 80.0 Å². The van der Waals surface area contributed by atoms with Crippen LogP contribution in [0.5, 0.6) is 0 Å². The summed E-state index contributed by atoms with van der Waals surface area (Å²) >= 11 is 0. The van der Waals surface area contributed by atoms with Gasteiger partial charge < -0.3 is 16.4 Å². The van der Waals surface area contributed by atoms with Crippen LogP contribution in [-0.2, 0) is 4.79 Å². The number of carbonyl (C=O) groups excluding carboxylic acids is 1. The molecule has 94 valence electrons. The molecule has 5 heteroatoms. The Hall–Kier alpha value is -1.78. The van der Waals surface area contributed by atoms with Gasteiger partial charge in [0.2, 0.25) is 5.91 Å². The Morgan fingerprint density at radius 2 is 2.18 bits per heavy atom.